The standard InChI is InChI=1S/C21H19F5N4O2/c1-10(12-4-3-5-15(17(12)22)32-20(25)26)27-18-13-9-30(21(6-7-21)19(23)24)16(31)8-14(13)28-11(2)29-18/h3-5,8-10,19-20H,6-7H2,1-2H3,(H,27,28,29)/t10-/m1/s1. The Morgan fingerprint density at radius 2 is 1.91 bits per heavy atom. The third kappa shape index (κ3) is 3.87. The number of benzene rings is 1. The van der Waals surface area contributed by atoms with Gasteiger partial charge in [-0.25, -0.2) is 23.1 Å². The minimum absolute atomic E-state index is 0.0344. The average molecular weight is 454 g/mol. The van der Waals surface area contributed by atoms with E-state index in [0.29, 0.717) is 11.2 Å². The van der Waals surface area contributed by atoms with Gasteiger partial charge in [-0.2, -0.15) is 8.78 Å². The Balaban J connectivity index is 1.76. The van der Waals surface area contributed by atoms with E-state index in [2.05, 4.69) is 20.0 Å². The molecule has 0 aliphatic heterocycles. The van der Waals surface area contributed by atoms with Gasteiger partial charge in [-0.15, -0.1) is 0 Å². The first-order chi connectivity index (χ1) is 15.1. The number of halogens is 5. The lowest BCUT2D eigenvalue weighted by atomic mass is 10.1. The lowest BCUT2D eigenvalue weighted by molar-refractivity contribution is -0.0522. The van der Waals surface area contributed by atoms with E-state index >= 15 is 0 Å². The summed E-state index contributed by atoms with van der Waals surface area (Å²) < 4.78 is 72.1. The molecule has 0 unspecified atom stereocenters. The van der Waals surface area contributed by atoms with Crippen molar-refractivity contribution >= 4 is 16.7 Å². The zero-order valence-electron chi connectivity index (χ0n) is 17.1. The van der Waals surface area contributed by atoms with Crippen molar-refractivity contribution in [2.24, 2.45) is 0 Å². The van der Waals surface area contributed by atoms with Crippen LogP contribution in [0.15, 0.2) is 35.3 Å². The molecule has 2 heterocycles. The number of nitrogens with zero attached hydrogens (tertiary/aromatic N) is 3. The van der Waals surface area contributed by atoms with Crippen molar-refractivity contribution in [1.29, 1.82) is 0 Å². The number of ether oxygens (including phenoxy) is 1. The first kappa shape index (κ1) is 22.0. The third-order valence-electron chi connectivity index (χ3n) is 5.52. The van der Waals surface area contributed by atoms with Gasteiger partial charge in [0, 0.05) is 17.8 Å². The van der Waals surface area contributed by atoms with Gasteiger partial charge in [0.25, 0.3) is 12.0 Å². The molecule has 0 bridgehead atoms. The van der Waals surface area contributed by atoms with E-state index in [0.717, 1.165) is 10.6 Å². The number of alkyl halides is 4. The van der Waals surface area contributed by atoms with Gasteiger partial charge in [-0.05, 0) is 32.8 Å². The van der Waals surface area contributed by atoms with Crippen LogP contribution in [0.2, 0.25) is 0 Å². The molecule has 1 aliphatic rings. The smallest absolute Gasteiger partial charge is 0.387 e. The summed E-state index contributed by atoms with van der Waals surface area (Å²) in [6.07, 6.45) is -1.09. The molecule has 0 saturated heterocycles. The Kier molecular flexibility index (Phi) is 5.51. The van der Waals surface area contributed by atoms with Crippen molar-refractivity contribution in [3.05, 3.63) is 58.0 Å². The Bertz CT molecular complexity index is 1230. The number of pyridine rings is 1. The maximum absolute atomic E-state index is 14.7. The van der Waals surface area contributed by atoms with Crippen LogP contribution in [0.25, 0.3) is 10.9 Å². The van der Waals surface area contributed by atoms with E-state index in [9.17, 15) is 26.7 Å². The molecule has 1 fully saturated rings. The van der Waals surface area contributed by atoms with Crippen LogP contribution in [-0.4, -0.2) is 27.6 Å². The van der Waals surface area contributed by atoms with Gasteiger partial charge in [0.2, 0.25) is 0 Å². The molecule has 2 aromatic heterocycles. The van der Waals surface area contributed by atoms with Crippen LogP contribution in [0.3, 0.4) is 0 Å². The Hall–Kier alpha value is -3.24. The predicted octanol–water partition coefficient (Wildman–Crippen LogP) is 4.77. The fourth-order valence-electron chi connectivity index (χ4n) is 3.70. The van der Waals surface area contributed by atoms with E-state index in [1.807, 2.05) is 0 Å². The Labute approximate surface area is 179 Å². The summed E-state index contributed by atoms with van der Waals surface area (Å²) in [6, 6.07) is 4.25. The average Bonchev–Trinajstić information content (AvgIpc) is 3.50. The van der Waals surface area contributed by atoms with E-state index in [-0.39, 0.29) is 29.7 Å². The molecule has 1 aromatic carbocycles. The molecule has 170 valence electrons. The topological polar surface area (TPSA) is 69.0 Å². The number of hydrogen-bond donors (Lipinski definition) is 1. The molecular formula is C21H19F5N4O2. The normalized spacial score (nSPS) is 15.9. The number of anilines is 1. The minimum Gasteiger partial charge on any atom is -0.432 e. The van der Waals surface area contributed by atoms with Crippen molar-refractivity contribution in [2.45, 2.75) is 51.3 Å². The fourth-order valence-corrected chi connectivity index (χ4v) is 3.70. The Morgan fingerprint density at radius 1 is 1.19 bits per heavy atom. The van der Waals surface area contributed by atoms with E-state index < -0.39 is 41.7 Å². The van der Waals surface area contributed by atoms with Gasteiger partial charge in [-0.3, -0.25) is 4.79 Å². The monoisotopic (exact) mass is 454 g/mol. The van der Waals surface area contributed by atoms with Crippen LogP contribution < -0.4 is 15.6 Å². The number of fused-ring (bicyclic) bond motifs is 1. The molecule has 0 spiro atoms. The second-order valence-corrected chi connectivity index (χ2v) is 7.71. The highest BCUT2D eigenvalue weighted by Gasteiger charge is 2.53. The zero-order valence-corrected chi connectivity index (χ0v) is 17.1. The van der Waals surface area contributed by atoms with Gasteiger partial charge < -0.3 is 14.6 Å². The van der Waals surface area contributed by atoms with E-state index in [4.69, 9.17) is 0 Å². The summed E-state index contributed by atoms with van der Waals surface area (Å²) in [5.74, 6) is -1.07. The predicted molar refractivity (Wildman–Crippen MR) is 107 cm³/mol. The highest BCUT2D eigenvalue weighted by Crippen LogP contribution is 2.48. The van der Waals surface area contributed by atoms with E-state index in [1.54, 1.807) is 13.8 Å². The summed E-state index contributed by atoms with van der Waals surface area (Å²) in [5, 5.41) is 3.27. The van der Waals surface area contributed by atoms with Gasteiger partial charge in [0.1, 0.15) is 17.2 Å². The number of aryl methyl sites for hydroxylation is 1. The molecule has 1 saturated carbocycles. The number of nitrogens with one attached hydrogen (secondary N) is 1. The number of aromatic nitrogens is 3. The summed E-state index contributed by atoms with van der Waals surface area (Å²) in [4.78, 5) is 21.0. The largest absolute Gasteiger partial charge is 0.432 e. The molecule has 1 N–H and O–H groups in total. The second kappa shape index (κ2) is 8.03. The summed E-state index contributed by atoms with van der Waals surface area (Å²) in [5.41, 5.74) is -1.87. The second-order valence-electron chi connectivity index (χ2n) is 7.71. The molecule has 4 rings (SSSR count). The van der Waals surface area contributed by atoms with Crippen molar-refractivity contribution in [3.8, 4) is 5.75 Å². The van der Waals surface area contributed by atoms with Crippen molar-refractivity contribution in [2.75, 3.05) is 5.32 Å². The molecule has 0 radical (unpaired) electrons. The fraction of sp³-hybridized carbons (Fsp3) is 0.381. The van der Waals surface area contributed by atoms with Gasteiger partial charge in [0.05, 0.1) is 16.9 Å². The molecule has 0 amide bonds. The van der Waals surface area contributed by atoms with Crippen LogP contribution in [0.4, 0.5) is 27.8 Å². The molecule has 32 heavy (non-hydrogen) atoms. The lowest BCUT2D eigenvalue weighted by Gasteiger charge is -2.21. The van der Waals surface area contributed by atoms with Crippen LogP contribution >= 0.6 is 0 Å². The first-order valence-electron chi connectivity index (χ1n) is 9.82. The molecule has 6 nitrogen and oxygen atoms in total. The molecule has 11 heteroatoms. The SMILES string of the molecule is Cc1nc(N[C@H](C)c2cccc(OC(F)F)c2F)c2cn(C3(C(F)F)CC3)c(=O)cc2n1. The van der Waals surface area contributed by atoms with Gasteiger partial charge in [-0.1, -0.05) is 12.1 Å². The van der Waals surface area contributed by atoms with Gasteiger partial charge in [0.15, 0.2) is 11.6 Å². The molecule has 3 aromatic rings. The number of hydrogen-bond acceptors (Lipinski definition) is 5. The highest BCUT2D eigenvalue weighted by atomic mass is 19.3. The molecule has 1 atom stereocenters. The van der Waals surface area contributed by atoms with Crippen molar-refractivity contribution in [1.82, 2.24) is 14.5 Å². The highest BCUT2D eigenvalue weighted by molar-refractivity contribution is 5.88. The van der Waals surface area contributed by atoms with Crippen molar-refractivity contribution < 1.29 is 26.7 Å². The van der Waals surface area contributed by atoms with E-state index in [1.165, 1.54) is 24.4 Å². The zero-order chi connectivity index (χ0) is 23.2. The third-order valence-corrected chi connectivity index (χ3v) is 5.52. The quantitative estimate of drug-likeness (QED) is 0.521. The molecule has 1 aliphatic carbocycles. The summed E-state index contributed by atoms with van der Waals surface area (Å²) in [6.45, 7) is -0.0244. The minimum atomic E-state index is -3.18. The maximum Gasteiger partial charge on any atom is 0.387 e. The lowest BCUT2D eigenvalue weighted by Crippen LogP contribution is -2.35. The van der Waals surface area contributed by atoms with Crippen molar-refractivity contribution in [3.63, 3.8) is 0 Å². The summed E-state index contributed by atoms with van der Waals surface area (Å²) in [7, 11) is 0. The summed E-state index contributed by atoms with van der Waals surface area (Å²) >= 11 is 0. The Morgan fingerprint density at radius 3 is 2.53 bits per heavy atom. The van der Waals surface area contributed by atoms with Crippen LogP contribution in [0.1, 0.15) is 37.2 Å². The van der Waals surface area contributed by atoms with Crippen LogP contribution in [-0.2, 0) is 5.54 Å². The van der Waals surface area contributed by atoms with Crippen LogP contribution in [0, 0.1) is 12.7 Å². The number of rotatable bonds is 7. The van der Waals surface area contributed by atoms with Crippen LogP contribution in [0.5, 0.6) is 5.75 Å². The first-order valence-corrected chi connectivity index (χ1v) is 9.82. The maximum atomic E-state index is 14.7. The van der Waals surface area contributed by atoms with Gasteiger partial charge >= 0.3 is 6.61 Å². The molecular weight excluding hydrogens is 435 g/mol.